The molecule has 3 rings (SSSR count). The molecule has 3 aromatic rings. The molecular formula is C17H18N2O2. The molecule has 2 aromatic heterocycles. The number of furan rings is 1. The molecule has 0 aliphatic carbocycles. The van der Waals surface area contributed by atoms with E-state index in [-0.39, 0.29) is 0 Å². The van der Waals surface area contributed by atoms with Gasteiger partial charge in [0.1, 0.15) is 18.1 Å². The Morgan fingerprint density at radius 2 is 2.19 bits per heavy atom. The Morgan fingerprint density at radius 1 is 1.24 bits per heavy atom. The number of rotatable bonds is 6. The first-order valence-corrected chi connectivity index (χ1v) is 7.10. The lowest BCUT2D eigenvalue weighted by Gasteiger charge is -2.07. The minimum atomic E-state index is 0.496. The fourth-order valence-electron chi connectivity index (χ4n) is 2.19. The van der Waals surface area contributed by atoms with Crippen LogP contribution >= 0.6 is 0 Å². The van der Waals surface area contributed by atoms with E-state index in [0.717, 1.165) is 41.1 Å². The van der Waals surface area contributed by atoms with Crippen LogP contribution in [0.4, 0.5) is 0 Å². The van der Waals surface area contributed by atoms with Crippen LogP contribution in [0.1, 0.15) is 18.2 Å². The highest BCUT2D eigenvalue weighted by Gasteiger charge is 2.07. The smallest absolute Gasteiger partial charge is 0.124 e. The number of benzene rings is 1. The normalized spacial score (nSPS) is 10.9. The van der Waals surface area contributed by atoms with Crippen LogP contribution in [0, 0.1) is 0 Å². The molecule has 0 spiro atoms. The Bertz CT molecular complexity index is 721. The van der Waals surface area contributed by atoms with Crippen molar-refractivity contribution < 1.29 is 9.15 Å². The Hall–Kier alpha value is -2.33. The Morgan fingerprint density at radius 3 is 3.10 bits per heavy atom. The molecule has 1 aromatic carbocycles. The largest absolute Gasteiger partial charge is 0.489 e. The first-order chi connectivity index (χ1) is 10.4. The van der Waals surface area contributed by atoms with Crippen LogP contribution in [0.25, 0.3) is 10.9 Å². The van der Waals surface area contributed by atoms with Gasteiger partial charge in [0.2, 0.25) is 0 Å². The molecular weight excluding hydrogens is 264 g/mol. The maximum Gasteiger partial charge on any atom is 0.124 e. The highest BCUT2D eigenvalue weighted by Crippen LogP contribution is 2.20. The molecule has 108 valence electrons. The zero-order valence-corrected chi connectivity index (χ0v) is 12.0. The van der Waals surface area contributed by atoms with Gasteiger partial charge in [0.05, 0.1) is 18.3 Å². The molecule has 0 fully saturated rings. The van der Waals surface area contributed by atoms with Crippen LogP contribution in [0.5, 0.6) is 5.75 Å². The fourth-order valence-corrected chi connectivity index (χ4v) is 2.19. The maximum absolute atomic E-state index is 5.85. The second kappa shape index (κ2) is 6.41. The van der Waals surface area contributed by atoms with E-state index in [4.69, 9.17) is 9.15 Å². The molecule has 4 heteroatoms. The summed E-state index contributed by atoms with van der Waals surface area (Å²) in [5.41, 5.74) is 2.01. The number of aromatic nitrogens is 1. The van der Waals surface area contributed by atoms with Crippen molar-refractivity contribution in [1.82, 2.24) is 10.3 Å². The summed E-state index contributed by atoms with van der Waals surface area (Å²) < 4.78 is 11.3. The molecule has 0 bridgehead atoms. The van der Waals surface area contributed by atoms with Crippen molar-refractivity contribution in [3.05, 3.63) is 60.2 Å². The van der Waals surface area contributed by atoms with E-state index >= 15 is 0 Å². The van der Waals surface area contributed by atoms with Gasteiger partial charge in [-0.2, -0.15) is 0 Å². The zero-order valence-electron chi connectivity index (χ0n) is 12.0. The summed E-state index contributed by atoms with van der Waals surface area (Å²) in [5, 5.41) is 4.37. The van der Waals surface area contributed by atoms with Gasteiger partial charge < -0.3 is 14.5 Å². The van der Waals surface area contributed by atoms with E-state index in [1.165, 1.54) is 0 Å². The average Bonchev–Trinajstić information content (AvgIpc) is 2.98. The van der Waals surface area contributed by atoms with Crippen LogP contribution < -0.4 is 10.1 Å². The number of hydrogen-bond acceptors (Lipinski definition) is 4. The Balaban J connectivity index is 1.70. The monoisotopic (exact) mass is 282 g/mol. The van der Waals surface area contributed by atoms with Crippen LogP contribution in [-0.4, -0.2) is 11.5 Å². The molecule has 0 unspecified atom stereocenters. The number of nitrogens with zero attached hydrogens (tertiary/aromatic N) is 1. The summed E-state index contributed by atoms with van der Waals surface area (Å²) in [6.07, 6.45) is 3.49. The second-order valence-corrected chi connectivity index (χ2v) is 4.80. The third-order valence-corrected chi connectivity index (χ3v) is 3.34. The quantitative estimate of drug-likeness (QED) is 0.751. The van der Waals surface area contributed by atoms with Crippen molar-refractivity contribution in [1.29, 1.82) is 0 Å². The third-order valence-electron chi connectivity index (χ3n) is 3.34. The van der Waals surface area contributed by atoms with Crippen LogP contribution in [0.3, 0.4) is 0 Å². The molecule has 0 aliphatic heterocycles. The number of pyridine rings is 1. The summed E-state index contributed by atoms with van der Waals surface area (Å²) in [7, 11) is 0. The lowest BCUT2D eigenvalue weighted by molar-refractivity contribution is 0.301. The van der Waals surface area contributed by atoms with E-state index in [2.05, 4.69) is 17.2 Å². The van der Waals surface area contributed by atoms with Crippen molar-refractivity contribution in [3.63, 3.8) is 0 Å². The van der Waals surface area contributed by atoms with Crippen molar-refractivity contribution in [2.24, 2.45) is 0 Å². The lowest BCUT2D eigenvalue weighted by atomic mass is 10.2. The van der Waals surface area contributed by atoms with Gasteiger partial charge in [-0.25, -0.2) is 0 Å². The summed E-state index contributed by atoms with van der Waals surface area (Å²) >= 11 is 0. The lowest BCUT2D eigenvalue weighted by Crippen LogP contribution is -2.12. The van der Waals surface area contributed by atoms with E-state index in [1.54, 1.807) is 12.5 Å². The third kappa shape index (κ3) is 3.23. The highest BCUT2D eigenvalue weighted by atomic mass is 16.5. The molecule has 0 amide bonds. The van der Waals surface area contributed by atoms with Gasteiger partial charge in [-0.15, -0.1) is 0 Å². The summed E-state index contributed by atoms with van der Waals surface area (Å²) in [6, 6.07) is 11.9. The van der Waals surface area contributed by atoms with Gasteiger partial charge in [0.15, 0.2) is 0 Å². The number of hydrogen-bond donors (Lipinski definition) is 1. The van der Waals surface area contributed by atoms with Gasteiger partial charge >= 0.3 is 0 Å². The van der Waals surface area contributed by atoms with Crippen molar-refractivity contribution in [3.8, 4) is 5.75 Å². The molecule has 4 nitrogen and oxygen atoms in total. The van der Waals surface area contributed by atoms with E-state index in [9.17, 15) is 0 Å². The Labute approximate surface area is 123 Å². The first-order valence-electron chi connectivity index (χ1n) is 7.10. The molecule has 0 atom stereocenters. The SMILES string of the molecule is CCNCc1occc1COc1ccc2cccnc2c1. The number of fused-ring (bicyclic) bond motifs is 1. The van der Waals surface area contributed by atoms with Gasteiger partial charge in [-0.3, -0.25) is 4.98 Å². The molecule has 1 N–H and O–H groups in total. The molecule has 0 saturated heterocycles. The standard InChI is InChI=1S/C17H18N2O2/c1-2-18-11-17-14(7-9-20-17)12-21-15-6-5-13-4-3-8-19-16(13)10-15/h3-10,18H,2,11-12H2,1H3. The molecule has 0 aliphatic rings. The number of ether oxygens (including phenoxy) is 1. The first kappa shape index (κ1) is 13.6. The minimum absolute atomic E-state index is 0.496. The van der Waals surface area contributed by atoms with Gasteiger partial charge in [-0.1, -0.05) is 13.0 Å². The second-order valence-electron chi connectivity index (χ2n) is 4.80. The zero-order chi connectivity index (χ0) is 14.5. The van der Waals surface area contributed by atoms with Crippen LogP contribution in [-0.2, 0) is 13.2 Å². The molecule has 0 radical (unpaired) electrons. The molecule has 2 heterocycles. The van der Waals surface area contributed by atoms with Crippen molar-refractivity contribution >= 4 is 10.9 Å². The summed E-state index contributed by atoms with van der Waals surface area (Å²) in [6.45, 7) is 4.20. The minimum Gasteiger partial charge on any atom is -0.489 e. The van der Waals surface area contributed by atoms with Crippen LogP contribution in [0.15, 0.2) is 53.3 Å². The molecule has 0 saturated carbocycles. The average molecular weight is 282 g/mol. The fraction of sp³-hybridized carbons (Fsp3) is 0.235. The van der Waals surface area contributed by atoms with Gasteiger partial charge in [0.25, 0.3) is 0 Å². The van der Waals surface area contributed by atoms with E-state index in [0.29, 0.717) is 6.61 Å². The maximum atomic E-state index is 5.85. The predicted molar refractivity (Wildman–Crippen MR) is 82.2 cm³/mol. The Kier molecular flexibility index (Phi) is 4.17. The molecule has 21 heavy (non-hydrogen) atoms. The van der Waals surface area contributed by atoms with Gasteiger partial charge in [-0.05, 0) is 30.8 Å². The summed E-state index contributed by atoms with van der Waals surface area (Å²) in [5.74, 6) is 1.74. The topological polar surface area (TPSA) is 47.3 Å². The van der Waals surface area contributed by atoms with Crippen molar-refractivity contribution in [2.45, 2.75) is 20.1 Å². The predicted octanol–water partition coefficient (Wildman–Crippen LogP) is 3.52. The van der Waals surface area contributed by atoms with Gasteiger partial charge in [0, 0.05) is 23.2 Å². The van der Waals surface area contributed by atoms with Crippen molar-refractivity contribution in [2.75, 3.05) is 6.54 Å². The van der Waals surface area contributed by atoms with E-state index < -0.39 is 0 Å². The van der Waals surface area contributed by atoms with E-state index in [1.807, 2.05) is 36.4 Å². The summed E-state index contributed by atoms with van der Waals surface area (Å²) in [4.78, 5) is 4.34. The number of nitrogens with one attached hydrogen (secondary N) is 1. The van der Waals surface area contributed by atoms with Crippen LogP contribution in [0.2, 0.25) is 0 Å². The highest BCUT2D eigenvalue weighted by molar-refractivity contribution is 5.79.